The molecule has 3 aliphatic rings. The van der Waals surface area contributed by atoms with Crippen LogP contribution >= 0.6 is 34.0 Å². The van der Waals surface area contributed by atoms with Crippen LogP contribution < -0.4 is 42.9 Å². The number of nitrogen functional groups attached to an aromatic ring is 3. The number of ether oxygens (including phenoxy) is 4. The number of aliphatic hydroxyl groups is 5. The fourth-order valence-electron chi connectivity index (χ4n) is 8.05. The number of hydrogen-bond donors (Lipinski definition) is 10. The summed E-state index contributed by atoms with van der Waals surface area (Å²) < 4.78 is 26.6. The Morgan fingerprint density at radius 3 is 1.53 bits per heavy atom. The second-order valence-corrected chi connectivity index (χ2v) is 18.9. The van der Waals surface area contributed by atoms with E-state index in [2.05, 4.69) is 29.9 Å². The van der Waals surface area contributed by atoms with Gasteiger partial charge in [-0.25, -0.2) is 4.98 Å². The Labute approximate surface area is 393 Å². The van der Waals surface area contributed by atoms with Crippen molar-refractivity contribution in [2.24, 2.45) is 0 Å². The zero-order valence-electron chi connectivity index (χ0n) is 36.7. The summed E-state index contributed by atoms with van der Waals surface area (Å²) in [5.74, 6) is -0.666. The molecule has 27 nitrogen and oxygen atoms in total. The summed E-state index contributed by atoms with van der Waals surface area (Å²) in [5.41, 5.74) is 16.1. The molecule has 0 bridgehead atoms. The lowest BCUT2D eigenvalue weighted by molar-refractivity contribution is -0.156. The highest BCUT2D eigenvalue weighted by Gasteiger charge is 2.43. The number of H-pyrrole nitrogens is 2. The number of hydrogen-bond acceptors (Lipinski definition) is 25. The van der Waals surface area contributed by atoms with Gasteiger partial charge in [-0.3, -0.25) is 52.4 Å². The lowest BCUT2D eigenvalue weighted by atomic mass is 10.1. The Morgan fingerprint density at radius 2 is 1.10 bits per heavy atom. The molecule has 0 saturated carbocycles. The smallest absolute Gasteiger partial charge is 0.311 e. The number of nitrogens with zero attached hydrogens (tertiary/aromatic N) is 7. The van der Waals surface area contributed by atoms with E-state index in [1.165, 1.54) is 17.7 Å². The van der Waals surface area contributed by atoms with Crippen LogP contribution in [0.25, 0.3) is 31.0 Å². The third kappa shape index (κ3) is 10.1. The number of aliphatic hydroxyl groups excluding tert-OH is 5. The number of anilines is 3. The number of carbonyl (C=O) groups is 1. The highest BCUT2D eigenvalue weighted by Crippen LogP contribution is 2.36. The first kappa shape index (κ1) is 50.3. The van der Waals surface area contributed by atoms with Gasteiger partial charge in [0, 0.05) is 26.2 Å². The molecule has 3 aliphatic heterocycles. The fraction of sp³-hybridized carbons (Fsp3) is 0.579. The van der Waals surface area contributed by atoms with E-state index < -0.39 is 100 Å². The van der Waals surface area contributed by atoms with E-state index in [4.69, 9.17) is 36.1 Å². The minimum Gasteiger partial charge on any atom is -0.460 e. The SMILES string of the molecule is CC[C@H](O)[C@@H]1C[C@@H](O)[C@H](n2c(=O)sc3c(=O)[nH]c(N)nc32)O1.CC[C@H](O)[C@@H]1C[C@@H](O)[C@H](n2c(=O)sc3cnc(N)nc32)O1.CC[C@H](OC(C)=O)[C@@H]1C[C@@H](O)[C@H](n2c(=O)sc3c(=O)[nH]c(N)nc32)O1. The van der Waals surface area contributed by atoms with Crippen molar-refractivity contribution in [1.29, 1.82) is 0 Å². The Morgan fingerprint density at radius 1 is 0.691 bits per heavy atom. The van der Waals surface area contributed by atoms with Crippen molar-refractivity contribution >= 4 is 88.9 Å². The maximum absolute atomic E-state index is 12.3. The van der Waals surface area contributed by atoms with Crippen molar-refractivity contribution in [2.75, 3.05) is 17.2 Å². The highest BCUT2D eigenvalue weighted by molar-refractivity contribution is 7.17. The molecule has 3 saturated heterocycles. The lowest BCUT2D eigenvalue weighted by Gasteiger charge is -2.22. The number of esters is 1. The topological polar surface area (TPSA) is 416 Å². The first-order valence-corrected chi connectivity index (χ1v) is 23.7. The Kier molecular flexibility index (Phi) is 15.2. The molecule has 0 unspecified atom stereocenters. The Bertz CT molecular complexity index is 3090. The minimum absolute atomic E-state index is 0.0479. The Balaban J connectivity index is 0.000000152. The van der Waals surface area contributed by atoms with Crippen LogP contribution in [0.5, 0.6) is 0 Å². The van der Waals surface area contributed by atoms with E-state index in [1.807, 2.05) is 13.8 Å². The number of nitrogens with one attached hydrogen (secondary N) is 2. The van der Waals surface area contributed by atoms with E-state index in [1.54, 1.807) is 6.92 Å². The van der Waals surface area contributed by atoms with Gasteiger partial charge in [0.2, 0.25) is 17.8 Å². The van der Waals surface area contributed by atoms with Gasteiger partial charge in [-0.2, -0.15) is 15.0 Å². The van der Waals surface area contributed by atoms with Crippen LogP contribution in [-0.4, -0.2) is 130 Å². The normalized spacial score (nSPS) is 26.0. The van der Waals surface area contributed by atoms with Gasteiger partial charge in [0.25, 0.3) is 11.1 Å². The summed E-state index contributed by atoms with van der Waals surface area (Å²) in [6.07, 6.45) is -5.81. The summed E-state index contributed by atoms with van der Waals surface area (Å²) in [5, 5.41) is 50.4. The molecule has 370 valence electrons. The molecule has 0 amide bonds. The first-order valence-electron chi connectivity index (χ1n) is 21.2. The molecule has 3 fully saturated rings. The standard InChI is InChI=1S/C14H18N4O6S.C12H16N4O5S.C12H16N4O4S/c1-3-7(23-5(2)19)8-4-6(20)12(24-8)18-10-9(25-14(18)22)11(21)17-13(15)16-10;1-2-4(17)6-3-5(18)10(21-6)16-8-7(22-12(16)20)9(19)15-11(13)14-8;1-2-5(17)7-3-6(18)10(20-7)16-9-8(21-12(16)19)4-14-11(13)15-9/h6-8,12,20H,3-4H2,1-2H3,(H3,15,16,17,21);4-6,10,17-18H,2-3H2,1H3,(H3,13,14,15,19);4-7,10,17-18H,2-3H2,1H3,(H2,13,14,15)/t6-,7+,8+,12-;4-,5+,6-,10+;5-,6+,7-,10+/m100/s1. The van der Waals surface area contributed by atoms with E-state index in [9.17, 15) is 54.3 Å². The number of aromatic nitrogens is 9. The van der Waals surface area contributed by atoms with Crippen LogP contribution in [-0.2, 0) is 23.7 Å². The lowest BCUT2D eigenvalue weighted by Crippen LogP contribution is -2.31. The summed E-state index contributed by atoms with van der Waals surface area (Å²) >= 11 is 2.37. The molecule has 30 heteroatoms. The number of fused-ring (bicyclic) bond motifs is 3. The van der Waals surface area contributed by atoms with Crippen molar-refractivity contribution in [3.05, 3.63) is 55.9 Å². The predicted molar refractivity (Wildman–Crippen MR) is 246 cm³/mol. The van der Waals surface area contributed by atoms with E-state index in [0.717, 1.165) is 20.5 Å². The molecule has 0 aromatic carbocycles. The molecule has 0 spiro atoms. The van der Waals surface area contributed by atoms with Crippen LogP contribution in [0.2, 0.25) is 0 Å². The molecule has 9 rings (SSSR count). The number of carbonyl (C=O) groups excluding carboxylic acids is 1. The maximum atomic E-state index is 12.3. The van der Waals surface area contributed by atoms with Gasteiger partial charge in [-0.05, 0) is 19.3 Å². The van der Waals surface area contributed by atoms with Crippen LogP contribution in [0.1, 0.15) is 84.9 Å². The Hall–Kier alpha value is -5.54. The quantitative estimate of drug-likeness (QED) is 0.0715. The monoisotopic (exact) mass is 1010 g/mol. The van der Waals surface area contributed by atoms with Gasteiger partial charge in [-0.1, -0.05) is 54.8 Å². The summed E-state index contributed by atoms with van der Waals surface area (Å²) in [4.78, 5) is 90.8. The van der Waals surface area contributed by atoms with Gasteiger partial charge < -0.3 is 61.7 Å². The molecule has 0 radical (unpaired) electrons. The van der Waals surface area contributed by atoms with Crippen LogP contribution in [0, 0.1) is 0 Å². The summed E-state index contributed by atoms with van der Waals surface area (Å²) in [6, 6.07) is 0. The molecule has 12 atom stereocenters. The third-order valence-corrected chi connectivity index (χ3v) is 14.1. The van der Waals surface area contributed by atoms with Gasteiger partial charge in [0.15, 0.2) is 35.6 Å². The summed E-state index contributed by atoms with van der Waals surface area (Å²) in [7, 11) is 0. The van der Waals surface area contributed by atoms with Crippen molar-refractivity contribution in [2.45, 2.75) is 140 Å². The second kappa shape index (κ2) is 20.6. The molecule has 0 aliphatic carbocycles. The molecular weight excluding hydrogens is 961 g/mol. The maximum Gasteiger partial charge on any atom is 0.311 e. The van der Waals surface area contributed by atoms with Gasteiger partial charge in [0.05, 0.1) is 41.4 Å². The first-order chi connectivity index (χ1) is 32.2. The van der Waals surface area contributed by atoms with Crippen LogP contribution in [0.3, 0.4) is 0 Å². The average molecular weight is 1010 g/mol. The summed E-state index contributed by atoms with van der Waals surface area (Å²) in [6.45, 7) is 6.74. The van der Waals surface area contributed by atoms with Crippen molar-refractivity contribution in [3.63, 3.8) is 0 Å². The number of aromatic amines is 2. The predicted octanol–water partition coefficient (Wildman–Crippen LogP) is -1.28. The molecule has 68 heavy (non-hydrogen) atoms. The van der Waals surface area contributed by atoms with Gasteiger partial charge >= 0.3 is 20.6 Å². The van der Waals surface area contributed by atoms with Gasteiger partial charge in [-0.15, -0.1) is 0 Å². The molecule has 9 heterocycles. The van der Waals surface area contributed by atoms with Crippen LogP contribution in [0.4, 0.5) is 17.8 Å². The minimum atomic E-state index is -1.04. The molecular formula is C38H50N12O15S3. The van der Waals surface area contributed by atoms with Gasteiger partial charge in [0.1, 0.15) is 33.8 Å². The number of rotatable bonds is 10. The number of thiazole rings is 3. The third-order valence-electron chi connectivity index (χ3n) is 11.3. The van der Waals surface area contributed by atoms with Crippen molar-refractivity contribution < 1.29 is 49.3 Å². The van der Waals surface area contributed by atoms with E-state index >= 15 is 0 Å². The zero-order chi connectivity index (χ0) is 49.5. The molecule has 13 N–H and O–H groups in total. The van der Waals surface area contributed by atoms with E-state index in [-0.39, 0.29) is 62.7 Å². The average Bonchev–Trinajstić information content (AvgIpc) is 4.14. The van der Waals surface area contributed by atoms with Crippen LogP contribution in [0.15, 0.2) is 30.2 Å². The largest absolute Gasteiger partial charge is 0.460 e. The zero-order valence-corrected chi connectivity index (χ0v) is 39.1. The van der Waals surface area contributed by atoms with Crippen molar-refractivity contribution in [3.8, 4) is 0 Å². The second-order valence-electron chi connectivity index (χ2n) is 15.9. The number of nitrogens with two attached hydrogens (primary N) is 3. The van der Waals surface area contributed by atoms with E-state index in [0.29, 0.717) is 52.3 Å². The van der Waals surface area contributed by atoms with Crippen molar-refractivity contribution in [1.82, 2.24) is 43.6 Å². The fourth-order valence-corrected chi connectivity index (χ4v) is 10.6. The molecule has 6 aromatic rings. The highest BCUT2D eigenvalue weighted by atomic mass is 32.1. The molecule has 6 aromatic heterocycles.